The Morgan fingerprint density at radius 1 is 1.16 bits per heavy atom. The number of carbonyl (C=O) groups excluding carboxylic acids is 1. The first kappa shape index (κ1) is 18.4. The summed E-state index contributed by atoms with van der Waals surface area (Å²) in [4.78, 5) is 27.2. The molecule has 1 atom stereocenters. The molecule has 1 aromatic carbocycles. The number of nitrogens with one attached hydrogen (secondary N) is 1. The highest BCUT2D eigenvalue weighted by atomic mass is 16.5. The summed E-state index contributed by atoms with van der Waals surface area (Å²) in [5.41, 5.74) is 1.48. The van der Waals surface area contributed by atoms with Crippen molar-refractivity contribution in [1.29, 1.82) is 0 Å². The zero-order chi connectivity index (χ0) is 18.1. The molecule has 0 fully saturated rings. The first-order valence-corrected chi connectivity index (χ1v) is 8.23. The minimum absolute atomic E-state index is 0.127. The maximum absolute atomic E-state index is 12.1. The second-order valence-corrected chi connectivity index (χ2v) is 5.70. The summed E-state index contributed by atoms with van der Waals surface area (Å²) < 4.78 is 5.65. The number of hydrogen-bond acceptors (Lipinski definition) is 4. The summed E-state index contributed by atoms with van der Waals surface area (Å²) in [5, 5.41) is 11.8. The van der Waals surface area contributed by atoms with Gasteiger partial charge in [0.2, 0.25) is 0 Å². The standard InChI is InChI=1S/C19H22N2O4/c1-2-3-16(19(23)24)12-21-18(22)15-4-6-17(7-5-15)25-13-14-8-10-20-11-9-14/h4-11,16H,2-3,12-13H2,1H3,(H,21,22)(H,23,24). The van der Waals surface area contributed by atoms with Gasteiger partial charge in [-0.05, 0) is 48.4 Å². The molecule has 132 valence electrons. The quantitative estimate of drug-likeness (QED) is 0.731. The highest BCUT2D eigenvalue weighted by Crippen LogP contribution is 2.14. The Balaban J connectivity index is 1.86. The fraction of sp³-hybridized carbons (Fsp3) is 0.316. The van der Waals surface area contributed by atoms with Crippen LogP contribution in [0.25, 0.3) is 0 Å². The van der Waals surface area contributed by atoms with Crippen molar-refractivity contribution in [3.05, 3.63) is 59.9 Å². The summed E-state index contributed by atoms with van der Waals surface area (Å²) >= 11 is 0. The Morgan fingerprint density at radius 2 is 1.84 bits per heavy atom. The molecule has 6 nitrogen and oxygen atoms in total. The topological polar surface area (TPSA) is 88.5 Å². The fourth-order valence-corrected chi connectivity index (χ4v) is 2.33. The van der Waals surface area contributed by atoms with Crippen LogP contribution >= 0.6 is 0 Å². The van der Waals surface area contributed by atoms with Crippen molar-refractivity contribution in [1.82, 2.24) is 10.3 Å². The van der Waals surface area contributed by atoms with Gasteiger partial charge in [-0.1, -0.05) is 13.3 Å². The monoisotopic (exact) mass is 342 g/mol. The molecule has 0 saturated heterocycles. The third-order valence-corrected chi connectivity index (χ3v) is 3.77. The number of benzene rings is 1. The van der Waals surface area contributed by atoms with E-state index in [4.69, 9.17) is 9.84 Å². The average molecular weight is 342 g/mol. The molecule has 0 aliphatic rings. The van der Waals surface area contributed by atoms with Gasteiger partial charge in [0.1, 0.15) is 12.4 Å². The van der Waals surface area contributed by atoms with E-state index in [9.17, 15) is 9.59 Å². The highest BCUT2D eigenvalue weighted by Gasteiger charge is 2.17. The lowest BCUT2D eigenvalue weighted by Gasteiger charge is -2.12. The summed E-state index contributed by atoms with van der Waals surface area (Å²) in [6, 6.07) is 10.5. The third-order valence-electron chi connectivity index (χ3n) is 3.77. The molecule has 2 aromatic rings. The number of carboxylic acid groups (broad SMARTS) is 1. The molecule has 0 radical (unpaired) electrons. The van der Waals surface area contributed by atoms with Crippen LogP contribution in [0.5, 0.6) is 5.75 Å². The molecule has 2 rings (SSSR count). The molecule has 0 bridgehead atoms. The minimum Gasteiger partial charge on any atom is -0.489 e. The van der Waals surface area contributed by atoms with E-state index in [2.05, 4.69) is 10.3 Å². The Morgan fingerprint density at radius 3 is 2.44 bits per heavy atom. The second kappa shape index (κ2) is 9.42. The largest absolute Gasteiger partial charge is 0.489 e. The number of pyridine rings is 1. The van der Waals surface area contributed by atoms with Crippen LogP contribution in [0.3, 0.4) is 0 Å². The molecule has 25 heavy (non-hydrogen) atoms. The van der Waals surface area contributed by atoms with Gasteiger partial charge in [0.05, 0.1) is 5.92 Å². The van der Waals surface area contributed by atoms with Crippen LogP contribution in [0.2, 0.25) is 0 Å². The van der Waals surface area contributed by atoms with E-state index in [0.29, 0.717) is 24.3 Å². The Kier molecular flexibility index (Phi) is 6.95. The lowest BCUT2D eigenvalue weighted by atomic mass is 10.0. The van der Waals surface area contributed by atoms with Crippen LogP contribution < -0.4 is 10.1 Å². The van der Waals surface area contributed by atoms with Crippen molar-refractivity contribution < 1.29 is 19.4 Å². The van der Waals surface area contributed by atoms with E-state index in [-0.39, 0.29) is 12.5 Å². The maximum atomic E-state index is 12.1. The van der Waals surface area contributed by atoms with Gasteiger partial charge in [-0.15, -0.1) is 0 Å². The Hall–Kier alpha value is -2.89. The van der Waals surface area contributed by atoms with Crippen LogP contribution in [-0.4, -0.2) is 28.5 Å². The van der Waals surface area contributed by atoms with Gasteiger partial charge in [-0.2, -0.15) is 0 Å². The number of hydrogen-bond donors (Lipinski definition) is 2. The van der Waals surface area contributed by atoms with E-state index >= 15 is 0 Å². The number of rotatable bonds is 9. The number of amides is 1. The van der Waals surface area contributed by atoms with Crippen LogP contribution in [0.15, 0.2) is 48.8 Å². The SMILES string of the molecule is CCCC(CNC(=O)c1ccc(OCc2ccncc2)cc1)C(=O)O. The van der Waals surface area contributed by atoms with Gasteiger partial charge in [-0.25, -0.2) is 0 Å². The van der Waals surface area contributed by atoms with Crippen LogP contribution in [-0.2, 0) is 11.4 Å². The minimum atomic E-state index is -0.887. The number of aromatic nitrogens is 1. The lowest BCUT2D eigenvalue weighted by molar-refractivity contribution is -0.141. The molecule has 1 unspecified atom stereocenters. The molecular weight excluding hydrogens is 320 g/mol. The summed E-state index contributed by atoms with van der Waals surface area (Å²) in [7, 11) is 0. The molecule has 6 heteroatoms. The van der Waals surface area contributed by atoms with Crippen molar-refractivity contribution in [3.8, 4) is 5.75 Å². The van der Waals surface area contributed by atoms with E-state index in [1.807, 2.05) is 19.1 Å². The van der Waals surface area contributed by atoms with Crippen molar-refractivity contribution in [2.75, 3.05) is 6.54 Å². The summed E-state index contributed by atoms with van der Waals surface area (Å²) in [6.45, 7) is 2.47. The predicted octanol–water partition coefficient (Wildman–Crippen LogP) is 2.89. The summed E-state index contributed by atoms with van der Waals surface area (Å²) in [6.07, 6.45) is 4.71. The molecule has 2 N–H and O–H groups in total. The van der Waals surface area contributed by atoms with Crippen LogP contribution in [0, 0.1) is 5.92 Å². The van der Waals surface area contributed by atoms with E-state index < -0.39 is 11.9 Å². The number of nitrogens with zero attached hydrogens (tertiary/aromatic N) is 1. The Bertz CT molecular complexity index is 686. The molecule has 0 aliphatic carbocycles. The van der Waals surface area contributed by atoms with Crippen LogP contribution in [0.4, 0.5) is 0 Å². The molecular formula is C19H22N2O4. The first-order chi connectivity index (χ1) is 12.1. The highest BCUT2D eigenvalue weighted by molar-refractivity contribution is 5.94. The normalized spacial score (nSPS) is 11.6. The van der Waals surface area contributed by atoms with Crippen LogP contribution in [0.1, 0.15) is 35.7 Å². The third kappa shape index (κ3) is 5.91. The Labute approximate surface area is 146 Å². The first-order valence-electron chi connectivity index (χ1n) is 8.23. The number of aliphatic carboxylic acids is 1. The molecule has 1 aromatic heterocycles. The predicted molar refractivity (Wildman–Crippen MR) is 93.4 cm³/mol. The van der Waals surface area contributed by atoms with Crippen molar-refractivity contribution in [2.45, 2.75) is 26.4 Å². The summed E-state index contributed by atoms with van der Waals surface area (Å²) in [5.74, 6) is -1.08. The van der Waals surface area contributed by atoms with Gasteiger partial charge in [0.25, 0.3) is 5.91 Å². The zero-order valence-electron chi connectivity index (χ0n) is 14.1. The molecule has 1 amide bonds. The number of ether oxygens (including phenoxy) is 1. The van der Waals surface area contributed by atoms with E-state index in [1.165, 1.54) is 0 Å². The molecule has 0 spiro atoms. The van der Waals surface area contributed by atoms with Gasteiger partial charge >= 0.3 is 5.97 Å². The fourth-order valence-electron chi connectivity index (χ4n) is 2.33. The van der Waals surface area contributed by atoms with Gasteiger partial charge < -0.3 is 15.2 Å². The van der Waals surface area contributed by atoms with Gasteiger partial charge in [0.15, 0.2) is 0 Å². The van der Waals surface area contributed by atoms with Gasteiger partial charge in [-0.3, -0.25) is 14.6 Å². The average Bonchev–Trinajstić information content (AvgIpc) is 2.64. The zero-order valence-corrected chi connectivity index (χ0v) is 14.1. The van der Waals surface area contributed by atoms with E-state index in [1.54, 1.807) is 36.7 Å². The smallest absolute Gasteiger partial charge is 0.308 e. The molecule has 1 heterocycles. The molecule has 0 saturated carbocycles. The lowest BCUT2D eigenvalue weighted by Crippen LogP contribution is -2.32. The maximum Gasteiger partial charge on any atom is 0.308 e. The van der Waals surface area contributed by atoms with Gasteiger partial charge in [0, 0.05) is 24.5 Å². The second-order valence-electron chi connectivity index (χ2n) is 5.70. The van der Waals surface area contributed by atoms with E-state index in [0.717, 1.165) is 12.0 Å². The number of carboxylic acids is 1. The van der Waals surface area contributed by atoms with Crippen molar-refractivity contribution >= 4 is 11.9 Å². The van der Waals surface area contributed by atoms with Crippen molar-refractivity contribution in [3.63, 3.8) is 0 Å². The van der Waals surface area contributed by atoms with Crippen molar-refractivity contribution in [2.24, 2.45) is 5.92 Å². The molecule has 0 aliphatic heterocycles. The number of carbonyl (C=O) groups is 2.